The van der Waals surface area contributed by atoms with Gasteiger partial charge in [0.2, 0.25) is 0 Å². The molecule has 3 N–H and O–H groups in total. The van der Waals surface area contributed by atoms with Gasteiger partial charge in [-0.2, -0.15) is 0 Å². The van der Waals surface area contributed by atoms with E-state index >= 15 is 0 Å². The third kappa shape index (κ3) is 4.31. The topological polar surface area (TPSA) is 72.5 Å². The van der Waals surface area contributed by atoms with E-state index in [2.05, 4.69) is 0 Å². The van der Waals surface area contributed by atoms with Gasteiger partial charge in [-0.1, -0.05) is 13.3 Å². The first-order valence-electron chi connectivity index (χ1n) is 4.19. The van der Waals surface area contributed by atoms with Crippen LogP contribution in [-0.2, 0) is 9.53 Å². The van der Waals surface area contributed by atoms with Crippen molar-refractivity contribution < 1.29 is 14.6 Å². The van der Waals surface area contributed by atoms with Gasteiger partial charge < -0.3 is 15.6 Å². The van der Waals surface area contributed by atoms with Crippen LogP contribution in [0.15, 0.2) is 0 Å². The summed E-state index contributed by atoms with van der Waals surface area (Å²) in [6.07, 6.45) is 0.584. The predicted octanol–water partition coefficient (Wildman–Crippen LogP) is 0.0378. The third-order valence-corrected chi connectivity index (χ3v) is 1.48. The molecule has 0 spiro atoms. The number of hydrogen-bond acceptors (Lipinski definition) is 4. The predicted molar refractivity (Wildman–Crippen MR) is 45.5 cm³/mol. The molecule has 0 saturated carbocycles. The van der Waals surface area contributed by atoms with Crippen molar-refractivity contribution in [3.05, 3.63) is 0 Å². The van der Waals surface area contributed by atoms with Gasteiger partial charge >= 0.3 is 5.97 Å². The summed E-state index contributed by atoms with van der Waals surface area (Å²) < 4.78 is 4.74. The summed E-state index contributed by atoms with van der Waals surface area (Å²) in [4.78, 5) is 10.9. The fourth-order valence-electron chi connectivity index (χ4n) is 0.617. The molecule has 0 radical (unpaired) electrons. The molecule has 0 rings (SSSR count). The molecule has 0 aliphatic carbocycles. The zero-order valence-corrected chi connectivity index (χ0v) is 7.62. The third-order valence-electron chi connectivity index (χ3n) is 1.48. The van der Waals surface area contributed by atoms with E-state index in [-0.39, 0.29) is 0 Å². The minimum absolute atomic E-state index is 0.360. The minimum atomic E-state index is -1.19. The molecule has 0 heterocycles. The molecule has 0 saturated heterocycles. The van der Waals surface area contributed by atoms with Crippen molar-refractivity contribution in [1.29, 1.82) is 0 Å². The van der Waals surface area contributed by atoms with Crippen LogP contribution in [0.2, 0.25) is 0 Å². The number of unbranched alkanes of at least 4 members (excludes halogenated alkanes) is 1. The Bertz CT molecular complexity index is 136. The van der Waals surface area contributed by atoms with Gasteiger partial charge in [-0.25, -0.2) is 4.79 Å². The fourth-order valence-corrected chi connectivity index (χ4v) is 0.617. The number of ether oxygens (including phenoxy) is 1. The summed E-state index contributed by atoms with van der Waals surface area (Å²) in [5.41, 5.74) is 5.29. The van der Waals surface area contributed by atoms with Crippen LogP contribution < -0.4 is 5.73 Å². The van der Waals surface area contributed by atoms with E-state index < -0.39 is 18.1 Å². The van der Waals surface area contributed by atoms with E-state index in [1.165, 1.54) is 0 Å². The zero-order valence-electron chi connectivity index (χ0n) is 7.62. The minimum Gasteiger partial charge on any atom is -0.464 e. The Balaban J connectivity index is 3.57. The molecule has 0 aromatic carbocycles. The first-order chi connectivity index (χ1) is 5.59. The molecular weight excluding hydrogens is 158 g/mol. The average Bonchev–Trinajstić information content (AvgIpc) is 2.03. The maximum absolute atomic E-state index is 10.9. The van der Waals surface area contributed by atoms with Gasteiger partial charge in [-0.3, -0.25) is 0 Å². The molecule has 0 bridgehead atoms. The maximum Gasteiger partial charge on any atom is 0.336 e. The Kier molecular flexibility index (Phi) is 5.66. The van der Waals surface area contributed by atoms with E-state index in [9.17, 15) is 4.79 Å². The van der Waals surface area contributed by atoms with E-state index in [1.807, 2.05) is 6.92 Å². The summed E-state index contributed by atoms with van der Waals surface area (Å²) in [5.74, 6) is -0.626. The van der Waals surface area contributed by atoms with E-state index in [1.54, 1.807) is 6.92 Å². The fraction of sp³-hybridized carbons (Fsp3) is 0.875. The van der Waals surface area contributed by atoms with Gasteiger partial charge in [0.1, 0.15) is 0 Å². The number of esters is 1. The second-order valence-electron chi connectivity index (χ2n) is 2.83. The van der Waals surface area contributed by atoms with Crippen LogP contribution in [0.4, 0.5) is 0 Å². The summed E-state index contributed by atoms with van der Waals surface area (Å²) in [7, 11) is 0. The van der Waals surface area contributed by atoms with Crippen LogP contribution in [0.25, 0.3) is 0 Å². The van der Waals surface area contributed by atoms with Crippen molar-refractivity contribution in [2.45, 2.75) is 38.8 Å². The largest absolute Gasteiger partial charge is 0.464 e. The number of rotatable bonds is 5. The second-order valence-corrected chi connectivity index (χ2v) is 2.83. The molecule has 1 unspecified atom stereocenters. The van der Waals surface area contributed by atoms with Gasteiger partial charge in [-0.05, 0) is 13.3 Å². The highest BCUT2D eigenvalue weighted by atomic mass is 16.5. The van der Waals surface area contributed by atoms with Crippen molar-refractivity contribution in [2.24, 2.45) is 5.73 Å². The monoisotopic (exact) mass is 175 g/mol. The van der Waals surface area contributed by atoms with Crippen LogP contribution >= 0.6 is 0 Å². The number of aliphatic hydroxyl groups excluding tert-OH is 1. The van der Waals surface area contributed by atoms with Gasteiger partial charge in [-0.15, -0.1) is 0 Å². The van der Waals surface area contributed by atoms with Crippen LogP contribution in [0.1, 0.15) is 26.7 Å². The SMILES string of the molecule is CCCCOC(=O)C(O)[C@H](C)N. The lowest BCUT2D eigenvalue weighted by molar-refractivity contribution is -0.154. The Labute approximate surface area is 72.7 Å². The zero-order chi connectivity index (χ0) is 9.56. The highest BCUT2D eigenvalue weighted by Crippen LogP contribution is 1.95. The number of nitrogens with two attached hydrogens (primary N) is 1. The first-order valence-corrected chi connectivity index (χ1v) is 4.19. The lowest BCUT2D eigenvalue weighted by Crippen LogP contribution is -2.39. The molecule has 2 atom stereocenters. The molecule has 12 heavy (non-hydrogen) atoms. The quantitative estimate of drug-likeness (QED) is 0.457. The molecule has 0 fully saturated rings. The highest BCUT2D eigenvalue weighted by molar-refractivity contribution is 5.75. The first kappa shape index (κ1) is 11.4. The smallest absolute Gasteiger partial charge is 0.336 e. The van der Waals surface area contributed by atoms with Gasteiger partial charge in [0.05, 0.1) is 6.61 Å². The molecule has 0 amide bonds. The van der Waals surface area contributed by atoms with Crippen molar-refractivity contribution in [3.8, 4) is 0 Å². The molecule has 0 aromatic rings. The summed E-state index contributed by atoms with van der Waals surface area (Å²) >= 11 is 0. The number of carbonyl (C=O) groups is 1. The molecule has 0 aliphatic heterocycles. The van der Waals surface area contributed by atoms with Gasteiger partial charge in [0, 0.05) is 6.04 Å². The second kappa shape index (κ2) is 5.97. The molecular formula is C8H17NO3. The summed E-state index contributed by atoms with van der Waals surface area (Å²) in [6, 6.07) is -0.570. The van der Waals surface area contributed by atoms with Gasteiger partial charge in [0.15, 0.2) is 6.10 Å². The molecule has 4 heteroatoms. The number of carbonyl (C=O) groups excluding carboxylic acids is 1. The molecule has 0 aliphatic rings. The lowest BCUT2D eigenvalue weighted by Gasteiger charge is -2.12. The van der Waals surface area contributed by atoms with Crippen molar-refractivity contribution >= 4 is 5.97 Å². The molecule has 72 valence electrons. The Morgan fingerprint density at radius 3 is 2.67 bits per heavy atom. The average molecular weight is 175 g/mol. The summed E-state index contributed by atoms with van der Waals surface area (Å²) in [6.45, 7) is 3.92. The molecule has 0 aromatic heterocycles. The lowest BCUT2D eigenvalue weighted by atomic mass is 10.2. The van der Waals surface area contributed by atoms with Crippen LogP contribution in [-0.4, -0.2) is 29.8 Å². The number of hydrogen-bond donors (Lipinski definition) is 2. The Morgan fingerprint density at radius 1 is 1.67 bits per heavy atom. The normalized spacial score (nSPS) is 15.3. The Morgan fingerprint density at radius 2 is 2.25 bits per heavy atom. The van der Waals surface area contributed by atoms with Crippen LogP contribution in [0.5, 0.6) is 0 Å². The van der Waals surface area contributed by atoms with Crippen molar-refractivity contribution in [2.75, 3.05) is 6.61 Å². The standard InChI is InChI=1S/C8H17NO3/c1-3-4-5-12-8(11)7(10)6(2)9/h6-7,10H,3-5,9H2,1-2H3/t6-,7?/m0/s1. The summed E-state index contributed by atoms with van der Waals surface area (Å²) in [5, 5.41) is 9.09. The maximum atomic E-state index is 10.9. The highest BCUT2D eigenvalue weighted by Gasteiger charge is 2.20. The van der Waals surface area contributed by atoms with Crippen LogP contribution in [0.3, 0.4) is 0 Å². The van der Waals surface area contributed by atoms with Crippen molar-refractivity contribution in [3.63, 3.8) is 0 Å². The van der Waals surface area contributed by atoms with E-state index in [0.29, 0.717) is 6.61 Å². The van der Waals surface area contributed by atoms with Crippen LogP contribution in [0, 0.1) is 0 Å². The molecule has 4 nitrogen and oxygen atoms in total. The van der Waals surface area contributed by atoms with Crippen molar-refractivity contribution in [1.82, 2.24) is 0 Å². The van der Waals surface area contributed by atoms with Gasteiger partial charge in [0.25, 0.3) is 0 Å². The number of aliphatic hydroxyl groups is 1. The van der Waals surface area contributed by atoms with E-state index in [0.717, 1.165) is 12.8 Å². The van der Waals surface area contributed by atoms with E-state index in [4.69, 9.17) is 15.6 Å². The Hall–Kier alpha value is -0.610.